The molecule has 0 saturated carbocycles. The predicted molar refractivity (Wildman–Crippen MR) is 76.6 cm³/mol. The monoisotopic (exact) mass is 343 g/mol. The topological polar surface area (TPSA) is 67.2 Å². The normalized spacial score (nSPS) is 14.1. The highest BCUT2D eigenvalue weighted by molar-refractivity contribution is 7.92. The Kier molecular flexibility index (Phi) is 4.46. The molecule has 0 spiro atoms. The highest BCUT2D eigenvalue weighted by Crippen LogP contribution is 2.31. The van der Waals surface area contributed by atoms with Gasteiger partial charge in [-0.15, -0.1) is 0 Å². The fourth-order valence-electron chi connectivity index (χ4n) is 1.87. The van der Waals surface area contributed by atoms with Crippen LogP contribution in [0.4, 0.5) is 13.2 Å². The van der Waals surface area contributed by atoms with E-state index in [4.69, 9.17) is 4.78 Å². The lowest BCUT2D eigenvalue weighted by Gasteiger charge is -2.11. The van der Waals surface area contributed by atoms with Crippen molar-refractivity contribution in [2.24, 2.45) is 0 Å². The molecule has 0 amide bonds. The second-order valence-corrected chi connectivity index (χ2v) is 6.65. The van der Waals surface area contributed by atoms with Crippen LogP contribution in [0.1, 0.15) is 15.9 Å². The second kappa shape index (κ2) is 6.04. The van der Waals surface area contributed by atoms with E-state index in [0.717, 1.165) is 24.3 Å². The van der Waals surface area contributed by atoms with Gasteiger partial charge in [-0.05, 0) is 48.5 Å². The SMILES string of the molecule is COC(=O)c1ccc(S(=N)(=O)c2ccc(C(F)(F)F)cc2)cc1. The van der Waals surface area contributed by atoms with Gasteiger partial charge in [0, 0.05) is 0 Å². The minimum Gasteiger partial charge on any atom is -0.465 e. The van der Waals surface area contributed by atoms with Crippen LogP contribution >= 0.6 is 0 Å². The second-order valence-electron chi connectivity index (χ2n) is 4.59. The van der Waals surface area contributed by atoms with Crippen LogP contribution in [-0.2, 0) is 20.6 Å². The molecule has 1 N–H and O–H groups in total. The Morgan fingerprint density at radius 3 is 1.83 bits per heavy atom. The predicted octanol–water partition coefficient (Wildman–Crippen LogP) is 3.96. The minimum absolute atomic E-state index is 0.0451. The van der Waals surface area contributed by atoms with Crippen molar-refractivity contribution in [2.45, 2.75) is 16.0 Å². The standard InChI is InChI=1S/C15H12F3NO3S/c1-22-14(20)10-2-6-12(7-3-10)23(19,21)13-8-4-11(5-9-13)15(16,17)18/h2-9,19H,1H3. The molecule has 23 heavy (non-hydrogen) atoms. The maximum Gasteiger partial charge on any atom is 0.416 e. The van der Waals surface area contributed by atoms with Crippen molar-refractivity contribution in [3.05, 3.63) is 59.7 Å². The van der Waals surface area contributed by atoms with Gasteiger partial charge in [0.2, 0.25) is 0 Å². The van der Waals surface area contributed by atoms with Gasteiger partial charge in [0.25, 0.3) is 0 Å². The maximum atomic E-state index is 12.6. The third kappa shape index (κ3) is 3.53. The molecule has 2 aromatic rings. The summed E-state index contributed by atoms with van der Waals surface area (Å²) in [5.41, 5.74) is -0.656. The van der Waals surface area contributed by atoms with E-state index in [2.05, 4.69) is 4.74 Å². The Bertz CT molecular complexity index is 811. The Morgan fingerprint density at radius 2 is 1.43 bits per heavy atom. The molecule has 2 aromatic carbocycles. The first-order valence-corrected chi connectivity index (χ1v) is 7.86. The largest absolute Gasteiger partial charge is 0.465 e. The van der Waals surface area contributed by atoms with Crippen LogP contribution < -0.4 is 0 Å². The van der Waals surface area contributed by atoms with E-state index < -0.39 is 27.4 Å². The molecular formula is C15H12F3NO3S. The first-order valence-electron chi connectivity index (χ1n) is 6.31. The molecule has 0 saturated heterocycles. The van der Waals surface area contributed by atoms with Crippen molar-refractivity contribution in [1.82, 2.24) is 0 Å². The quantitative estimate of drug-likeness (QED) is 0.858. The fraction of sp³-hybridized carbons (Fsp3) is 0.133. The summed E-state index contributed by atoms with van der Waals surface area (Å²) >= 11 is 0. The Hall–Kier alpha value is -2.35. The maximum absolute atomic E-state index is 12.6. The average molecular weight is 343 g/mol. The van der Waals surface area contributed by atoms with Crippen molar-refractivity contribution < 1.29 is 26.9 Å². The number of carbonyl (C=O) groups excluding carboxylic acids is 1. The number of methoxy groups -OCH3 is 1. The average Bonchev–Trinajstić information content (AvgIpc) is 2.53. The van der Waals surface area contributed by atoms with Crippen LogP contribution in [0.2, 0.25) is 0 Å². The van der Waals surface area contributed by atoms with Crippen molar-refractivity contribution >= 4 is 15.7 Å². The zero-order chi connectivity index (χ0) is 17.3. The minimum atomic E-state index is -4.50. The number of hydrogen-bond acceptors (Lipinski definition) is 4. The molecule has 122 valence electrons. The lowest BCUT2D eigenvalue weighted by molar-refractivity contribution is -0.137. The number of halogens is 3. The van der Waals surface area contributed by atoms with Gasteiger partial charge >= 0.3 is 12.1 Å². The zero-order valence-electron chi connectivity index (χ0n) is 11.9. The summed E-state index contributed by atoms with van der Waals surface area (Å²) in [5, 5.41) is 0. The van der Waals surface area contributed by atoms with Gasteiger partial charge in [0.05, 0.1) is 28.0 Å². The number of ether oxygens (including phenoxy) is 1. The molecule has 0 aliphatic rings. The molecule has 0 radical (unpaired) electrons. The molecule has 1 unspecified atom stereocenters. The number of rotatable bonds is 3. The smallest absolute Gasteiger partial charge is 0.416 e. The van der Waals surface area contributed by atoms with Crippen molar-refractivity contribution in [3.63, 3.8) is 0 Å². The Morgan fingerprint density at radius 1 is 1.00 bits per heavy atom. The molecule has 0 aliphatic carbocycles. The fourth-order valence-corrected chi connectivity index (χ4v) is 3.18. The number of benzene rings is 2. The number of nitrogens with one attached hydrogen (secondary N) is 1. The van der Waals surface area contributed by atoms with Gasteiger partial charge in [-0.25, -0.2) is 13.8 Å². The van der Waals surface area contributed by atoms with Gasteiger partial charge in [-0.2, -0.15) is 13.2 Å². The van der Waals surface area contributed by atoms with Crippen LogP contribution in [0, 0.1) is 4.78 Å². The first-order chi connectivity index (χ1) is 10.7. The number of alkyl halides is 3. The van der Waals surface area contributed by atoms with Crippen molar-refractivity contribution in [3.8, 4) is 0 Å². The summed E-state index contributed by atoms with van der Waals surface area (Å²) < 4.78 is 62.7. The van der Waals surface area contributed by atoms with E-state index in [9.17, 15) is 22.2 Å². The van der Waals surface area contributed by atoms with Crippen LogP contribution in [0.25, 0.3) is 0 Å². The number of carbonyl (C=O) groups is 1. The van der Waals surface area contributed by atoms with Gasteiger partial charge < -0.3 is 4.74 Å². The molecule has 0 fully saturated rings. The van der Waals surface area contributed by atoms with Gasteiger partial charge in [0.1, 0.15) is 9.73 Å². The van der Waals surface area contributed by atoms with E-state index in [-0.39, 0.29) is 15.4 Å². The van der Waals surface area contributed by atoms with Crippen LogP contribution in [0.5, 0.6) is 0 Å². The molecule has 0 aromatic heterocycles. The third-order valence-corrected chi connectivity index (χ3v) is 4.99. The van der Waals surface area contributed by atoms with Crippen molar-refractivity contribution in [2.75, 3.05) is 7.11 Å². The van der Waals surface area contributed by atoms with E-state index >= 15 is 0 Å². The summed E-state index contributed by atoms with van der Waals surface area (Å²) in [6.07, 6.45) is -4.50. The van der Waals surface area contributed by atoms with Crippen molar-refractivity contribution in [1.29, 1.82) is 4.78 Å². The highest BCUT2D eigenvalue weighted by atomic mass is 32.2. The Labute approximate surface area is 130 Å². The summed E-state index contributed by atoms with van der Waals surface area (Å²) in [4.78, 5) is 11.4. The molecule has 1 atom stereocenters. The summed E-state index contributed by atoms with van der Waals surface area (Å²) in [5.74, 6) is -0.581. The van der Waals surface area contributed by atoms with Crippen LogP contribution in [0.15, 0.2) is 58.3 Å². The molecule has 0 heterocycles. The Balaban J connectivity index is 2.36. The van der Waals surface area contributed by atoms with E-state index in [1.54, 1.807) is 0 Å². The summed E-state index contributed by atoms with van der Waals surface area (Å²) in [7, 11) is -2.26. The molecule has 8 heteroatoms. The lowest BCUT2D eigenvalue weighted by Crippen LogP contribution is -2.06. The highest BCUT2D eigenvalue weighted by Gasteiger charge is 2.30. The lowest BCUT2D eigenvalue weighted by atomic mass is 10.2. The van der Waals surface area contributed by atoms with E-state index in [1.807, 2.05) is 0 Å². The molecule has 2 rings (SSSR count). The van der Waals surface area contributed by atoms with Gasteiger partial charge in [-0.3, -0.25) is 0 Å². The van der Waals surface area contributed by atoms with E-state index in [0.29, 0.717) is 0 Å². The summed E-state index contributed by atoms with van der Waals surface area (Å²) in [6.45, 7) is 0. The number of hydrogen-bond donors (Lipinski definition) is 1. The molecule has 0 aliphatic heterocycles. The summed E-state index contributed by atoms with van der Waals surface area (Å²) in [6, 6.07) is 8.94. The number of esters is 1. The van der Waals surface area contributed by atoms with Crippen LogP contribution in [0.3, 0.4) is 0 Å². The van der Waals surface area contributed by atoms with E-state index in [1.165, 1.54) is 31.4 Å². The molecular weight excluding hydrogens is 331 g/mol. The first kappa shape index (κ1) is 17.0. The van der Waals surface area contributed by atoms with Gasteiger partial charge in [-0.1, -0.05) is 0 Å². The van der Waals surface area contributed by atoms with Gasteiger partial charge in [0.15, 0.2) is 0 Å². The van der Waals surface area contributed by atoms with Crippen LogP contribution in [-0.4, -0.2) is 17.3 Å². The molecule has 4 nitrogen and oxygen atoms in total. The third-order valence-electron chi connectivity index (χ3n) is 3.12. The zero-order valence-corrected chi connectivity index (χ0v) is 12.7. The molecule has 0 bridgehead atoms.